The van der Waals surface area contributed by atoms with Crippen LogP contribution in [0.2, 0.25) is 0 Å². The monoisotopic (exact) mass is 237 g/mol. The van der Waals surface area contributed by atoms with Gasteiger partial charge in [0.15, 0.2) is 11.5 Å². The Labute approximate surface area is 97.3 Å². The molecular formula is C11H11NO5. The van der Waals surface area contributed by atoms with E-state index in [1.54, 1.807) is 0 Å². The number of carbonyl (C=O) groups is 1. The highest BCUT2D eigenvalue weighted by Crippen LogP contribution is 2.37. The van der Waals surface area contributed by atoms with Crippen molar-refractivity contribution in [3.05, 3.63) is 33.9 Å². The number of ketones is 1. The summed E-state index contributed by atoms with van der Waals surface area (Å²) in [6, 6.07) is 2.57. The fraction of sp³-hybridized carbons (Fsp3) is 0.182. The van der Waals surface area contributed by atoms with Crippen LogP contribution in [0.15, 0.2) is 18.2 Å². The van der Waals surface area contributed by atoms with Crippen LogP contribution in [0.4, 0.5) is 5.69 Å². The highest BCUT2D eigenvalue weighted by molar-refractivity contribution is 5.91. The molecular weight excluding hydrogens is 226 g/mol. The summed E-state index contributed by atoms with van der Waals surface area (Å²) in [5, 5.41) is 20.2. The summed E-state index contributed by atoms with van der Waals surface area (Å²) in [6.45, 7) is 1.36. The molecule has 0 bridgehead atoms. The lowest BCUT2D eigenvalue weighted by molar-refractivity contribution is -0.386. The number of aromatic hydroxyl groups is 1. The number of hydrogen-bond acceptors (Lipinski definition) is 5. The molecule has 1 aromatic rings. The summed E-state index contributed by atoms with van der Waals surface area (Å²) in [6.07, 6.45) is 2.69. The first-order chi connectivity index (χ1) is 7.95. The molecule has 6 nitrogen and oxygen atoms in total. The van der Waals surface area contributed by atoms with Crippen LogP contribution in [0.1, 0.15) is 12.5 Å². The van der Waals surface area contributed by atoms with Crippen LogP contribution >= 0.6 is 0 Å². The molecule has 0 saturated carbocycles. The van der Waals surface area contributed by atoms with E-state index in [9.17, 15) is 20.0 Å². The molecule has 0 aromatic heterocycles. The zero-order valence-electron chi connectivity index (χ0n) is 9.34. The van der Waals surface area contributed by atoms with Gasteiger partial charge in [0.1, 0.15) is 0 Å². The summed E-state index contributed by atoms with van der Waals surface area (Å²) in [4.78, 5) is 20.7. The predicted molar refractivity (Wildman–Crippen MR) is 61.0 cm³/mol. The van der Waals surface area contributed by atoms with Crippen molar-refractivity contribution in [2.24, 2.45) is 0 Å². The van der Waals surface area contributed by atoms with E-state index >= 15 is 0 Å². The van der Waals surface area contributed by atoms with Crippen molar-refractivity contribution in [3.8, 4) is 11.5 Å². The molecule has 0 fully saturated rings. The molecule has 0 amide bonds. The number of ether oxygens (including phenoxy) is 1. The molecule has 90 valence electrons. The van der Waals surface area contributed by atoms with Gasteiger partial charge in [0, 0.05) is 6.07 Å². The number of nitro groups is 1. The third-order valence-electron chi connectivity index (χ3n) is 2.00. The van der Waals surface area contributed by atoms with Crippen molar-refractivity contribution >= 4 is 17.5 Å². The second-order valence-corrected chi connectivity index (χ2v) is 3.29. The number of allylic oxidation sites excluding steroid dienone is 1. The quantitative estimate of drug-likeness (QED) is 0.490. The SMILES string of the molecule is COc1cc(C=CC(C)=O)cc([N+](=O)[O-])c1O. The first-order valence-electron chi connectivity index (χ1n) is 4.69. The fourth-order valence-electron chi connectivity index (χ4n) is 1.22. The average molecular weight is 237 g/mol. The second kappa shape index (κ2) is 5.11. The second-order valence-electron chi connectivity index (χ2n) is 3.29. The average Bonchev–Trinajstić information content (AvgIpc) is 2.27. The summed E-state index contributed by atoms with van der Waals surface area (Å²) in [5.41, 5.74) is -0.0610. The Morgan fingerprint density at radius 2 is 2.18 bits per heavy atom. The number of nitro benzene ring substituents is 1. The van der Waals surface area contributed by atoms with E-state index < -0.39 is 16.4 Å². The van der Waals surface area contributed by atoms with Crippen LogP contribution in [-0.4, -0.2) is 22.9 Å². The van der Waals surface area contributed by atoms with Gasteiger partial charge in [0.2, 0.25) is 5.75 Å². The third-order valence-corrected chi connectivity index (χ3v) is 2.00. The van der Waals surface area contributed by atoms with Crippen LogP contribution in [-0.2, 0) is 4.79 Å². The minimum atomic E-state index is -0.719. The maximum atomic E-state index is 10.8. The van der Waals surface area contributed by atoms with Gasteiger partial charge in [-0.05, 0) is 24.6 Å². The number of phenols is 1. The Bertz CT molecular complexity index is 493. The summed E-state index contributed by atoms with van der Waals surface area (Å²) in [7, 11) is 1.29. The van der Waals surface area contributed by atoms with E-state index in [1.165, 1.54) is 32.3 Å². The van der Waals surface area contributed by atoms with E-state index in [2.05, 4.69) is 0 Å². The Balaban J connectivity index is 3.30. The lowest BCUT2D eigenvalue weighted by atomic mass is 10.1. The number of nitrogens with zero attached hydrogens (tertiary/aromatic N) is 1. The Hall–Kier alpha value is -2.37. The number of benzene rings is 1. The summed E-state index contributed by atoms with van der Waals surface area (Å²) < 4.78 is 4.81. The zero-order valence-corrected chi connectivity index (χ0v) is 9.34. The van der Waals surface area contributed by atoms with E-state index in [1.807, 2.05) is 0 Å². The lowest BCUT2D eigenvalue weighted by Gasteiger charge is -2.05. The number of rotatable bonds is 4. The molecule has 0 atom stereocenters. The molecule has 0 saturated heterocycles. The maximum absolute atomic E-state index is 10.8. The molecule has 17 heavy (non-hydrogen) atoms. The molecule has 0 aliphatic rings. The molecule has 0 radical (unpaired) electrons. The van der Waals surface area contributed by atoms with Crippen molar-refractivity contribution in [1.29, 1.82) is 0 Å². The maximum Gasteiger partial charge on any atom is 0.315 e. The molecule has 1 N–H and O–H groups in total. The zero-order chi connectivity index (χ0) is 13.0. The van der Waals surface area contributed by atoms with Gasteiger partial charge in [0.05, 0.1) is 12.0 Å². The topological polar surface area (TPSA) is 89.7 Å². The van der Waals surface area contributed by atoms with Crippen LogP contribution < -0.4 is 4.74 Å². The first-order valence-corrected chi connectivity index (χ1v) is 4.69. The molecule has 0 spiro atoms. The number of hydrogen-bond donors (Lipinski definition) is 1. The molecule has 0 aliphatic carbocycles. The highest BCUT2D eigenvalue weighted by Gasteiger charge is 2.18. The third kappa shape index (κ3) is 3.04. The van der Waals surface area contributed by atoms with Gasteiger partial charge in [-0.1, -0.05) is 6.08 Å². The van der Waals surface area contributed by atoms with Crippen molar-refractivity contribution < 1.29 is 19.6 Å². The normalized spacial score (nSPS) is 10.5. The van der Waals surface area contributed by atoms with Crippen LogP contribution in [0.5, 0.6) is 11.5 Å². The number of phenolic OH excluding ortho intramolecular Hbond substituents is 1. The number of carbonyl (C=O) groups excluding carboxylic acids is 1. The Kier molecular flexibility index (Phi) is 3.82. The fourth-order valence-corrected chi connectivity index (χ4v) is 1.22. The van der Waals surface area contributed by atoms with Gasteiger partial charge in [-0.15, -0.1) is 0 Å². The van der Waals surface area contributed by atoms with E-state index in [0.29, 0.717) is 5.56 Å². The molecule has 0 heterocycles. The van der Waals surface area contributed by atoms with Gasteiger partial charge in [-0.2, -0.15) is 0 Å². The van der Waals surface area contributed by atoms with Crippen molar-refractivity contribution in [2.45, 2.75) is 6.92 Å². The summed E-state index contributed by atoms with van der Waals surface area (Å²) >= 11 is 0. The molecule has 1 aromatic carbocycles. The van der Waals surface area contributed by atoms with Crippen LogP contribution in [0, 0.1) is 10.1 Å². The molecule has 6 heteroatoms. The minimum absolute atomic E-state index is 0.0117. The van der Waals surface area contributed by atoms with Crippen molar-refractivity contribution in [2.75, 3.05) is 7.11 Å². The minimum Gasteiger partial charge on any atom is -0.500 e. The standard InChI is InChI=1S/C11H11NO5/c1-7(13)3-4-8-5-9(12(15)16)11(14)10(6-8)17-2/h3-6,14H,1-2H3. The lowest BCUT2D eigenvalue weighted by Crippen LogP contribution is -1.93. The van der Waals surface area contributed by atoms with Gasteiger partial charge in [-0.3, -0.25) is 14.9 Å². The molecule has 1 rings (SSSR count). The predicted octanol–water partition coefficient (Wildman–Crippen LogP) is 1.91. The first kappa shape index (κ1) is 12.7. The Morgan fingerprint density at radius 3 is 2.65 bits per heavy atom. The molecule has 0 aliphatic heterocycles. The van der Waals surface area contributed by atoms with Crippen LogP contribution in [0.3, 0.4) is 0 Å². The smallest absolute Gasteiger partial charge is 0.315 e. The number of methoxy groups -OCH3 is 1. The Morgan fingerprint density at radius 1 is 1.53 bits per heavy atom. The van der Waals surface area contributed by atoms with Gasteiger partial charge >= 0.3 is 5.69 Å². The van der Waals surface area contributed by atoms with E-state index in [4.69, 9.17) is 4.74 Å². The van der Waals surface area contributed by atoms with Crippen molar-refractivity contribution in [3.63, 3.8) is 0 Å². The van der Waals surface area contributed by atoms with Gasteiger partial charge in [-0.25, -0.2) is 0 Å². The largest absolute Gasteiger partial charge is 0.500 e. The van der Waals surface area contributed by atoms with Crippen LogP contribution in [0.25, 0.3) is 6.08 Å². The highest BCUT2D eigenvalue weighted by atomic mass is 16.6. The van der Waals surface area contributed by atoms with Gasteiger partial charge in [0.25, 0.3) is 0 Å². The van der Waals surface area contributed by atoms with Crippen molar-refractivity contribution in [1.82, 2.24) is 0 Å². The van der Waals surface area contributed by atoms with E-state index in [-0.39, 0.29) is 11.5 Å². The van der Waals surface area contributed by atoms with Gasteiger partial charge < -0.3 is 9.84 Å². The summed E-state index contributed by atoms with van der Waals surface area (Å²) in [5.74, 6) is -0.723. The van der Waals surface area contributed by atoms with E-state index in [0.717, 1.165) is 6.07 Å². The molecule has 0 unspecified atom stereocenters.